The van der Waals surface area contributed by atoms with Crippen LogP contribution in [-0.2, 0) is 11.3 Å². The van der Waals surface area contributed by atoms with E-state index < -0.39 is 11.4 Å². The molecule has 0 spiro atoms. The van der Waals surface area contributed by atoms with E-state index in [1.807, 2.05) is 19.2 Å². The van der Waals surface area contributed by atoms with Crippen LogP contribution < -0.4 is 0 Å². The summed E-state index contributed by atoms with van der Waals surface area (Å²) in [4.78, 5) is 17.9. The van der Waals surface area contributed by atoms with Crippen LogP contribution >= 0.6 is 0 Å². The molecule has 1 atom stereocenters. The van der Waals surface area contributed by atoms with Crippen LogP contribution in [0.1, 0.15) is 37.3 Å². The third-order valence-electron chi connectivity index (χ3n) is 4.33. The summed E-state index contributed by atoms with van der Waals surface area (Å²) in [7, 11) is 0. The Kier molecular flexibility index (Phi) is 4.20. The van der Waals surface area contributed by atoms with Gasteiger partial charge in [0.25, 0.3) is 0 Å². The van der Waals surface area contributed by atoms with E-state index in [9.17, 15) is 9.90 Å². The van der Waals surface area contributed by atoms with Gasteiger partial charge in [0.05, 0.1) is 5.41 Å². The van der Waals surface area contributed by atoms with Gasteiger partial charge in [-0.3, -0.25) is 14.7 Å². The van der Waals surface area contributed by atoms with Gasteiger partial charge in [-0.25, -0.2) is 0 Å². The second-order valence-electron chi connectivity index (χ2n) is 5.56. The van der Waals surface area contributed by atoms with Gasteiger partial charge in [-0.05, 0) is 49.9 Å². The zero-order valence-corrected chi connectivity index (χ0v) is 11.7. The predicted molar refractivity (Wildman–Crippen MR) is 73.8 cm³/mol. The van der Waals surface area contributed by atoms with E-state index in [1.165, 1.54) is 11.1 Å². The lowest BCUT2D eigenvalue weighted by molar-refractivity contribution is -0.153. The largest absolute Gasteiger partial charge is 0.481 e. The minimum absolute atomic E-state index is 0.561. The van der Waals surface area contributed by atoms with Gasteiger partial charge in [-0.15, -0.1) is 0 Å². The molecule has 1 N–H and O–H groups in total. The number of aromatic nitrogens is 1. The first-order chi connectivity index (χ1) is 9.07. The second kappa shape index (κ2) is 5.70. The molecule has 19 heavy (non-hydrogen) atoms. The number of hydrogen-bond acceptors (Lipinski definition) is 3. The molecule has 1 saturated heterocycles. The monoisotopic (exact) mass is 262 g/mol. The highest BCUT2D eigenvalue weighted by molar-refractivity contribution is 5.75. The summed E-state index contributed by atoms with van der Waals surface area (Å²) in [5, 5.41) is 9.49. The average Bonchev–Trinajstić information content (AvgIpc) is 2.41. The van der Waals surface area contributed by atoms with Crippen molar-refractivity contribution in [2.75, 3.05) is 13.1 Å². The van der Waals surface area contributed by atoms with Crippen LogP contribution in [0.3, 0.4) is 0 Å². The fourth-order valence-corrected chi connectivity index (χ4v) is 2.88. The van der Waals surface area contributed by atoms with Crippen LogP contribution in [0.15, 0.2) is 18.5 Å². The number of hydrogen-bond donors (Lipinski definition) is 1. The smallest absolute Gasteiger partial charge is 0.310 e. The number of likely N-dealkylation sites (tertiary alicyclic amines) is 1. The molecule has 1 aromatic heterocycles. The molecule has 4 heteroatoms. The molecule has 2 rings (SSSR count). The zero-order valence-electron chi connectivity index (χ0n) is 11.7. The number of carboxylic acids is 1. The third-order valence-corrected chi connectivity index (χ3v) is 4.33. The van der Waals surface area contributed by atoms with Crippen molar-refractivity contribution >= 4 is 5.97 Å². The first-order valence-electron chi connectivity index (χ1n) is 6.92. The zero-order chi connectivity index (χ0) is 13.9. The normalized spacial score (nSPS) is 24.3. The third kappa shape index (κ3) is 2.95. The van der Waals surface area contributed by atoms with Crippen LogP contribution in [-0.4, -0.2) is 34.0 Å². The molecule has 1 fully saturated rings. The Labute approximate surface area is 114 Å². The van der Waals surface area contributed by atoms with Gasteiger partial charge in [0.2, 0.25) is 0 Å². The molecule has 0 aliphatic carbocycles. The number of pyridine rings is 1. The lowest BCUT2D eigenvalue weighted by Gasteiger charge is -2.39. The van der Waals surface area contributed by atoms with E-state index >= 15 is 0 Å². The van der Waals surface area contributed by atoms with E-state index in [2.05, 4.69) is 16.8 Å². The topological polar surface area (TPSA) is 53.4 Å². The number of aryl methyl sites for hydroxylation is 1. The second-order valence-corrected chi connectivity index (χ2v) is 5.56. The minimum atomic E-state index is -0.650. The molecule has 4 nitrogen and oxygen atoms in total. The van der Waals surface area contributed by atoms with Crippen LogP contribution in [0.5, 0.6) is 0 Å². The molecule has 2 heterocycles. The van der Waals surface area contributed by atoms with Crippen LogP contribution in [0.4, 0.5) is 0 Å². The summed E-state index contributed by atoms with van der Waals surface area (Å²) >= 11 is 0. The molecule has 0 bridgehead atoms. The quantitative estimate of drug-likeness (QED) is 0.905. The first-order valence-corrected chi connectivity index (χ1v) is 6.92. The Morgan fingerprint density at radius 3 is 3.00 bits per heavy atom. The van der Waals surface area contributed by atoms with Crippen molar-refractivity contribution in [3.63, 3.8) is 0 Å². The maximum atomic E-state index is 11.5. The van der Waals surface area contributed by atoms with Crippen LogP contribution in [0, 0.1) is 12.3 Å². The first kappa shape index (κ1) is 14.0. The Bertz CT molecular complexity index is 461. The molecule has 1 aromatic rings. The molecular weight excluding hydrogens is 240 g/mol. The summed E-state index contributed by atoms with van der Waals surface area (Å²) in [6.07, 6.45) is 6.13. The molecule has 0 amide bonds. The highest BCUT2D eigenvalue weighted by atomic mass is 16.4. The summed E-state index contributed by atoms with van der Waals surface area (Å²) in [6.45, 7) is 6.48. The summed E-state index contributed by atoms with van der Waals surface area (Å²) < 4.78 is 0. The summed E-state index contributed by atoms with van der Waals surface area (Å²) in [5.41, 5.74) is 1.85. The number of piperidine rings is 1. The summed E-state index contributed by atoms with van der Waals surface area (Å²) in [5.74, 6) is -0.650. The van der Waals surface area contributed by atoms with Gasteiger partial charge >= 0.3 is 5.97 Å². The van der Waals surface area contributed by atoms with Crippen molar-refractivity contribution in [1.82, 2.24) is 9.88 Å². The van der Waals surface area contributed by atoms with Gasteiger partial charge in [0.1, 0.15) is 0 Å². The highest BCUT2D eigenvalue weighted by Crippen LogP contribution is 2.34. The lowest BCUT2D eigenvalue weighted by Crippen LogP contribution is -2.47. The Balaban J connectivity index is 2.10. The number of carbonyl (C=O) groups is 1. The van der Waals surface area contributed by atoms with Gasteiger partial charge < -0.3 is 5.11 Å². The maximum absolute atomic E-state index is 11.5. The Hall–Kier alpha value is -1.42. The Morgan fingerprint density at radius 1 is 1.58 bits per heavy atom. The van der Waals surface area contributed by atoms with Crippen LogP contribution in [0.25, 0.3) is 0 Å². The van der Waals surface area contributed by atoms with Crippen molar-refractivity contribution in [2.45, 2.75) is 39.7 Å². The Morgan fingerprint density at radius 2 is 2.37 bits per heavy atom. The van der Waals surface area contributed by atoms with Crippen molar-refractivity contribution in [2.24, 2.45) is 5.41 Å². The van der Waals surface area contributed by atoms with E-state index in [0.717, 1.165) is 25.9 Å². The molecule has 0 aromatic carbocycles. The predicted octanol–water partition coefficient (Wildman–Crippen LogP) is 2.47. The SMILES string of the molecule is CCC1(C(=O)O)CCCN(Cc2cnccc2C)C1. The van der Waals surface area contributed by atoms with E-state index in [1.54, 1.807) is 6.20 Å². The average molecular weight is 262 g/mol. The number of carboxylic acid groups (broad SMARTS) is 1. The highest BCUT2D eigenvalue weighted by Gasteiger charge is 2.40. The minimum Gasteiger partial charge on any atom is -0.481 e. The van der Waals surface area contributed by atoms with Crippen molar-refractivity contribution in [1.29, 1.82) is 0 Å². The molecular formula is C15H22N2O2. The molecule has 0 radical (unpaired) electrons. The van der Waals surface area contributed by atoms with Crippen molar-refractivity contribution < 1.29 is 9.90 Å². The molecule has 1 aliphatic rings. The van der Waals surface area contributed by atoms with Crippen molar-refractivity contribution in [3.05, 3.63) is 29.6 Å². The molecule has 1 unspecified atom stereocenters. The van der Waals surface area contributed by atoms with E-state index in [4.69, 9.17) is 0 Å². The van der Waals surface area contributed by atoms with Gasteiger partial charge in [-0.1, -0.05) is 6.92 Å². The number of rotatable bonds is 4. The molecule has 0 saturated carbocycles. The van der Waals surface area contributed by atoms with E-state index in [0.29, 0.717) is 13.0 Å². The molecule has 1 aliphatic heterocycles. The number of nitrogens with zero attached hydrogens (tertiary/aromatic N) is 2. The molecule has 104 valence electrons. The lowest BCUT2D eigenvalue weighted by atomic mass is 9.77. The number of aliphatic carboxylic acids is 1. The fraction of sp³-hybridized carbons (Fsp3) is 0.600. The fourth-order valence-electron chi connectivity index (χ4n) is 2.88. The standard InChI is InChI=1S/C15H22N2O2/c1-3-15(14(18)19)6-4-8-17(11-15)10-13-9-16-7-5-12(13)2/h5,7,9H,3-4,6,8,10-11H2,1-2H3,(H,18,19). The maximum Gasteiger partial charge on any atom is 0.310 e. The van der Waals surface area contributed by atoms with Gasteiger partial charge in [0, 0.05) is 25.5 Å². The van der Waals surface area contributed by atoms with Crippen LogP contribution in [0.2, 0.25) is 0 Å². The van der Waals surface area contributed by atoms with Crippen molar-refractivity contribution in [3.8, 4) is 0 Å². The summed E-state index contributed by atoms with van der Waals surface area (Å²) in [6, 6.07) is 2.00. The van der Waals surface area contributed by atoms with E-state index in [-0.39, 0.29) is 0 Å². The van der Waals surface area contributed by atoms with Gasteiger partial charge in [-0.2, -0.15) is 0 Å². The van der Waals surface area contributed by atoms with Gasteiger partial charge in [0.15, 0.2) is 0 Å².